The van der Waals surface area contributed by atoms with Crippen LogP contribution in [0.5, 0.6) is 5.75 Å². The lowest BCUT2D eigenvalue weighted by molar-refractivity contribution is -0.164. The normalized spacial score (nSPS) is 12.7. The lowest BCUT2D eigenvalue weighted by Crippen LogP contribution is -2.32. The van der Waals surface area contributed by atoms with Gasteiger partial charge < -0.3 is 39.9 Å². The fourth-order valence-corrected chi connectivity index (χ4v) is 4.72. The zero-order chi connectivity index (χ0) is 40.5. The van der Waals surface area contributed by atoms with Gasteiger partial charge in [0.15, 0.2) is 11.6 Å². The van der Waals surface area contributed by atoms with E-state index in [0.29, 0.717) is 22.3 Å². The molecule has 0 fully saturated rings. The zero-order valence-electron chi connectivity index (χ0n) is 31.7. The highest BCUT2D eigenvalue weighted by molar-refractivity contribution is 6.02. The number of aryl methyl sites for hydroxylation is 1. The summed E-state index contributed by atoms with van der Waals surface area (Å²) in [7, 11) is 1.46. The van der Waals surface area contributed by atoms with Crippen molar-refractivity contribution in [2.24, 2.45) is 31.9 Å². The lowest BCUT2D eigenvalue weighted by Gasteiger charge is -2.22. The number of rotatable bonds is 17. The molecule has 1 amide bonds. The van der Waals surface area contributed by atoms with Crippen molar-refractivity contribution in [3.05, 3.63) is 95.1 Å². The monoisotopic (exact) mass is 763 g/mol. The second-order valence-corrected chi connectivity index (χ2v) is 12.8. The molecule has 0 aliphatic rings. The molecule has 16 nitrogen and oxygen atoms in total. The van der Waals surface area contributed by atoms with E-state index in [9.17, 15) is 14.4 Å². The molecule has 1 heterocycles. The molecule has 0 bridgehead atoms. The number of carbonyl (C=O) groups is 3. The van der Waals surface area contributed by atoms with Crippen LogP contribution in [-0.4, -0.2) is 86.0 Å². The van der Waals surface area contributed by atoms with Crippen LogP contribution in [0.2, 0.25) is 0 Å². The predicted octanol–water partition coefficient (Wildman–Crippen LogP) is 4.85. The number of amides is 1. The summed E-state index contributed by atoms with van der Waals surface area (Å²) in [6.45, 7) is 10.9. The average molecular weight is 764 g/mol. The Morgan fingerprint density at radius 3 is 2.29 bits per heavy atom. The molecule has 0 saturated heterocycles. The number of hydrogen-bond donors (Lipinski definition) is 2. The summed E-state index contributed by atoms with van der Waals surface area (Å²) >= 11 is 0. The molecule has 17 heteroatoms. The number of amidine groups is 3. The standard InChI is InChI=1S/C38H46FN7O9/c1-23(2)20-53-37(49)45-32(40)27-11-9-26(10-12-27)19-29(28-17-24(3)18-30(31(28)39)52-16-15-51-25(4)47)33(41)44-36(46-35-42-13-8-14-43-35)55-22-54-34(48)38(5,6)21-50-7/h8-14,17-18,29H,1,15-16,19-22H2,2-7H3,(H2,40,45,49)(H2,41,42,43,44,46)/t29-/m1/s1. The van der Waals surface area contributed by atoms with Crippen molar-refractivity contribution in [3.8, 4) is 5.75 Å². The number of aliphatic imine (C=N–C) groups is 3. The molecule has 0 unspecified atom stereocenters. The summed E-state index contributed by atoms with van der Waals surface area (Å²) in [6, 6.07) is 10.9. The Morgan fingerprint density at radius 2 is 1.65 bits per heavy atom. The number of hydrogen-bond acceptors (Lipinski definition) is 12. The topological polar surface area (TPSA) is 221 Å². The van der Waals surface area contributed by atoms with Crippen molar-refractivity contribution in [2.45, 2.75) is 47.0 Å². The van der Waals surface area contributed by atoms with Crippen molar-refractivity contribution in [1.82, 2.24) is 9.97 Å². The largest absolute Gasteiger partial charge is 0.487 e. The van der Waals surface area contributed by atoms with Crippen molar-refractivity contribution < 1.29 is 47.2 Å². The fraction of sp³-hybridized carbons (Fsp3) is 0.368. The maximum Gasteiger partial charge on any atom is 0.435 e. The van der Waals surface area contributed by atoms with Gasteiger partial charge in [-0.15, -0.1) is 0 Å². The minimum Gasteiger partial charge on any atom is -0.487 e. The highest BCUT2D eigenvalue weighted by Crippen LogP contribution is 2.31. The van der Waals surface area contributed by atoms with Gasteiger partial charge in [0.05, 0.1) is 12.0 Å². The van der Waals surface area contributed by atoms with Crippen LogP contribution in [0.3, 0.4) is 0 Å². The number of aromatic nitrogens is 2. The number of nitrogens with zero attached hydrogens (tertiary/aromatic N) is 5. The molecule has 0 aliphatic carbocycles. The lowest BCUT2D eigenvalue weighted by atomic mass is 9.89. The molecule has 4 N–H and O–H groups in total. The summed E-state index contributed by atoms with van der Waals surface area (Å²) in [4.78, 5) is 56.5. The van der Waals surface area contributed by atoms with Crippen LogP contribution in [-0.2, 0) is 39.7 Å². The highest BCUT2D eigenvalue weighted by atomic mass is 19.1. The number of ether oxygens (including phenoxy) is 6. The first kappa shape index (κ1) is 43.2. The van der Waals surface area contributed by atoms with Gasteiger partial charge in [0.25, 0.3) is 5.95 Å². The molecule has 3 rings (SSSR count). The first-order valence-corrected chi connectivity index (χ1v) is 16.9. The van der Waals surface area contributed by atoms with Crippen LogP contribution in [0, 0.1) is 18.2 Å². The van der Waals surface area contributed by atoms with Crippen LogP contribution < -0.4 is 16.2 Å². The molecule has 55 heavy (non-hydrogen) atoms. The molecule has 0 aliphatic heterocycles. The Kier molecular flexibility index (Phi) is 16.4. The molecule has 0 saturated carbocycles. The predicted molar refractivity (Wildman–Crippen MR) is 201 cm³/mol. The van der Waals surface area contributed by atoms with Gasteiger partial charge in [-0.3, -0.25) is 9.59 Å². The summed E-state index contributed by atoms with van der Waals surface area (Å²) in [5.74, 6) is -3.21. The maximum atomic E-state index is 16.3. The van der Waals surface area contributed by atoms with Gasteiger partial charge in [-0.05, 0) is 62.9 Å². The molecule has 0 radical (unpaired) electrons. The first-order valence-electron chi connectivity index (χ1n) is 16.9. The number of carbonyl (C=O) groups excluding carboxylic acids is 3. The minimum atomic E-state index is -0.980. The van der Waals surface area contributed by atoms with Crippen molar-refractivity contribution in [1.29, 1.82) is 0 Å². The van der Waals surface area contributed by atoms with E-state index in [1.807, 2.05) is 0 Å². The van der Waals surface area contributed by atoms with Crippen LogP contribution in [0.4, 0.5) is 15.1 Å². The maximum absolute atomic E-state index is 16.3. The smallest absolute Gasteiger partial charge is 0.435 e. The van der Waals surface area contributed by atoms with E-state index in [1.54, 1.807) is 64.1 Å². The van der Waals surface area contributed by atoms with Crippen LogP contribution in [0.1, 0.15) is 55.9 Å². The quantitative estimate of drug-likeness (QED) is 0.0358. The highest BCUT2D eigenvalue weighted by Gasteiger charge is 2.30. The second kappa shape index (κ2) is 20.9. The molecule has 2 aromatic carbocycles. The van der Waals surface area contributed by atoms with E-state index in [4.69, 9.17) is 39.9 Å². The Labute approximate surface area is 318 Å². The van der Waals surface area contributed by atoms with Gasteiger partial charge in [0.2, 0.25) is 6.79 Å². The third kappa shape index (κ3) is 14.3. The summed E-state index contributed by atoms with van der Waals surface area (Å²) in [6.07, 6.45) is 2.10. The number of nitrogens with two attached hydrogens (primary N) is 2. The van der Waals surface area contributed by atoms with Crippen LogP contribution >= 0.6 is 0 Å². The van der Waals surface area contributed by atoms with E-state index in [1.165, 1.54) is 32.5 Å². The minimum absolute atomic E-state index is 0.000923. The van der Waals surface area contributed by atoms with E-state index >= 15 is 4.39 Å². The molecular weight excluding hydrogens is 717 g/mol. The van der Waals surface area contributed by atoms with E-state index in [-0.39, 0.29) is 67.8 Å². The third-order valence-corrected chi connectivity index (χ3v) is 7.34. The first-order chi connectivity index (χ1) is 26.1. The number of benzene rings is 2. The van der Waals surface area contributed by atoms with Gasteiger partial charge in [-0.25, -0.2) is 19.2 Å². The van der Waals surface area contributed by atoms with Crippen molar-refractivity contribution in [3.63, 3.8) is 0 Å². The van der Waals surface area contributed by atoms with Crippen LogP contribution in [0.15, 0.2) is 82.0 Å². The van der Waals surface area contributed by atoms with Gasteiger partial charge in [0.1, 0.15) is 31.5 Å². The number of esters is 2. The zero-order valence-corrected chi connectivity index (χ0v) is 31.7. The SMILES string of the molecule is C=C(C)COC(=O)N=C(N)c1ccc(C[C@@H](C(N)=NC(=Nc2ncccn2)OCOC(=O)C(C)(C)COC)c2cc(C)cc(OCCOC(C)=O)c2F)cc1. The Bertz CT molecular complexity index is 1900. The molecule has 0 spiro atoms. The van der Waals surface area contributed by atoms with Gasteiger partial charge in [-0.2, -0.15) is 15.0 Å². The third-order valence-electron chi connectivity index (χ3n) is 7.34. The van der Waals surface area contributed by atoms with E-state index in [0.717, 1.165) is 0 Å². The van der Waals surface area contributed by atoms with Gasteiger partial charge >= 0.3 is 24.1 Å². The molecule has 1 atom stereocenters. The number of halogens is 1. The Balaban J connectivity index is 2.04. The van der Waals surface area contributed by atoms with Gasteiger partial charge in [0, 0.05) is 43.5 Å². The molecule has 1 aromatic heterocycles. The van der Waals surface area contributed by atoms with Crippen molar-refractivity contribution in [2.75, 3.05) is 40.3 Å². The fourth-order valence-electron chi connectivity index (χ4n) is 4.72. The number of methoxy groups -OCH3 is 1. The molecule has 3 aromatic rings. The molecular formula is C38H46FN7O9. The van der Waals surface area contributed by atoms with Gasteiger partial charge in [-0.1, -0.05) is 36.9 Å². The Hall–Kier alpha value is -6.23. The molecule has 294 valence electrons. The summed E-state index contributed by atoms with van der Waals surface area (Å²) < 4.78 is 48.0. The average Bonchev–Trinajstić information content (AvgIpc) is 3.13. The summed E-state index contributed by atoms with van der Waals surface area (Å²) in [5.41, 5.74) is 14.2. The van der Waals surface area contributed by atoms with Crippen molar-refractivity contribution >= 4 is 41.7 Å². The van der Waals surface area contributed by atoms with E-state index < -0.39 is 42.0 Å². The second-order valence-electron chi connectivity index (χ2n) is 12.8. The Morgan fingerprint density at radius 1 is 0.964 bits per heavy atom. The summed E-state index contributed by atoms with van der Waals surface area (Å²) in [5, 5.41) is 0. The van der Waals surface area contributed by atoms with E-state index in [2.05, 4.69) is 31.5 Å². The van der Waals surface area contributed by atoms with Crippen LogP contribution in [0.25, 0.3) is 0 Å².